The van der Waals surface area contributed by atoms with E-state index in [1.54, 1.807) is 0 Å². The second-order valence-electron chi connectivity index (χ2n) is 5.42. The monoisotopic (exact) mass is 346 g/mol. The first kappa shape index (κ1) is 16.2. The van der Waals surface area contributed by atoms with E-state index in [1.165, 1.54) is 17.4 Å². The van der Waals surface area contributed by atoms with Crippen molar-refractivity contribution in [1.82, 2.24) is 4.90 Å². The van der Waals surface area contributed by atoms with Gasteiger partial charge >= 0.3 is 0 Å². The second kappa shape index (κ2) is 7.75. The van der Waals surface area contributed by atoms with Gasteiger partial charge in [-0.1, -0.05) is 41.9 Å². The number of halogens is 1. The zero-order chi connectivity index (χ0) is 16.1. The average molecular weight is 347 g/mol. The predicted molar refractivity (Wildman–Crippen MR) is 97.4 cm³/mol. The average Bonchev–Trinajstić information content (AvgIpc) is 2.62. The van der Waals surface area contributed by atoms with Crippen molar-refractivity contribution in [3.8, 4) is 0 Å². The van der Waals surface area contributed by atoms with Crippen LogP contribution in [0.5, 0.6) is 0 Å². The lowest BCUT2D eigenvalue weighted by molar-refractivity contribution is -0.128. The summed E-state index contributed by atoms with van der Waals surface area (Å²) in [6, 6.07) is 18.0. The molecule has 1 aliphatic rings. The van der Waals surface area contributed by atoms with Gasteiger partial charge in [0.25, 0.3) is 0 Å². The van der Waals surface area contributed by atoms with Crippen molar-refractivity contribution < 1.29 is 4.79 Å². The van der Waals surface area contributed by atoms with E-state index >= 15 is 0 Å². The molecule has 0 aliphatic carbocycles. The maximum absolute atomic E-state index is 12.4. The number of nitrogens with zero attached hydrogens (tertiary/aromatic N) is 2. The zero-order valence-electron chi connectivity index (χ0n) is 12.8. The van der Waals surface area contributed by atoms with Crippen LogP contribution >= 0.6 is 23.4 Å². The zero-order valence-corrected chi connectivity index (χ0v) is 14.4. The Morgan fingerprint density at radius 1 is 0.957 bits per heavy atom. The Labute approximate surface area is 146 Å². The van der Waals surface area contributed by atoms with Crippen LogP contribution in [0, 0.1) is 0 Å². The fourth-order valence-electron chi connectivity index (χ4n) is 2.65. The summed E-state index contributed by atoms with van der Waals surface area (Å²) in [6.45, 7) is 3.31. The van der Waals surface area contributed by atoms with Crippen LogP contribution < -0.4 is 4.90 Å². The van der Waals surface area contributed by atoms with E-state index in [1.807, 2.05) is 47.4 Å². The van der Waals surface area contributed by atoms with Crippen LogP contribution in [0.4, 0.5) is 5.69 Å². The Bertz CT molecular complexity index is 657. The molecule has 0 radical (unpaired) electrons. The number of carbonyl (C=O) groups is 1. The maximum Gasteiger partial charge on any atom is 0.233 e. The van der Waals surface area contributed by atoms with Gasteiger partial charge in [0.1, 0.15) is 0 Å². The summed E-state index contributed by atoms with van der Waals surface area (Å²) in [5, 5.41) is 0.708. The van der Waals surface area contributed by atoms with Gasteiger partial charge in [-0.3, -0.25) is 4.79 Å². The Kier molecular flexibility index (Phi) is 5.47. The van der Waals surface area contributed by atoms with E-state index in [2.05, 4.69) is 17.0 Å². The van der Waals surface area contributed by atoms with Gasteiger partial charge in [-0.25, -0.2) is 0 Å². The third-order valence-electron chi connectivity index (χ3n) is 3.94. The van der Waals surface area contributed by atoms with Crippen LogP contribution in [0.15, 0.2) is 59.5 Å². The molecule has 1 fully saturated rings. The fourth-order valence-corrected chi connectivity index (χ4v) is 3.79. The number of piperazine rings is 1. The lowest BCUT2D eigenvalue weighted by Crippen LogP contribution is -2.49. The highest BCUT2D eigenvalue weighted by Crippen LogP contribution is 2.27. The molecule has 3 rings (SSSR count). The number of thioether (sulfide) groups is 1. The number of rotatable bonds is 4. The number of carbonyl (C=O) groups excluding carboxylic acids is 1. The van der Waals surface area contributed by atoms with Gasteiger partial charge < -0.3 is 9.80 Å². The lowest BCUT2D eigenvalue weighted by Gasteiger charge is -2.36. The van der Waals surface area contributed by atoms with Gasteiger partial charge in [0, 0.05) is 36.8 Å². The number of hydrogen-bond acceptors (Lipinski definition) is 3. The quantitative estimate of drug-likeness (QED) is 0.787. The summed E-state index contributed by atoms with van der Waals surface area (Å²) < 4.78 is 0. The van der Waals surface area contributed by atoms with E-state index in [0.717, 1.165) is 31.1 Å². The molecule has 0 bridgehead atoms. The molecule has 0 saturated carbocycles. The first-order valence-electron chi connectivity index (χ1n) is 7.69. The highest BCUT2D eigenvalue weighted by atomic mass is 35.5. The Balaban J connectivity index is 1.50. The van der Waals surface area contributed by atoms with E-state index in [0.29, 0.717) is 10.8 Å². The number of anilines is 1. The summed E-state index contributed by atoms with van der Waals surface area (Å²) in [4.78, 5) is 17.6. The van der Waals surface area contributed by atoms with E-state index in [4.69, 9.17) is 11.6 Å². The first-order valence-corrected chi connectivity index (χ1v) is 9.05. The number of amides is 1. The Morgan fingerprint density at radius 2 is 1.61 bits per heavy atom. The molecule has 0 atom stereocenters. The normalized spacial score (nSPS) is 14.8. The summed E-state index contributed by atoms with van der Waals surface area (Å²) in [5.74, 6) is 0.623. The van der Waals surface area contributed by atoms with Crippen molar-refractivity contribution in [3.63, 3.8) is 0 Å². The van der Waals surface area contributed by atoms with Gasteiger partial charge in [0.15, 0.2) is 0 Å². The minimum absolute atomic E-state index is 0.183. The SMILES string of the molecule is O=C(CSc1ccccc1Cl)N1CCN(c2ccccc2)CC1. The van der Waals surface area contributed by atoms with Crippen molar-refractivity contribution in [2.24, 2.45) is 0 Å². The molecule has 0 spiro atoms. The second-order valence-corrected chi connectivity index (χ2v) is 6.85. The van der Waals surface area contributed by atoms with E-state index < -0.39 is 0 Å². The molecule has 1 saturated heterocycles. The standard InChI is InChI=1S/C18H19ClN2OS/c19-16-8-4-5-9-17(16)23-14-18(22)21-12-10-20(11-13-21)15-6-2-1-3-7-15/h1-9H,10-14H2. The van der Waals surface area contributed by atoms with Gasteiger partial charge in [0.2, 0.25) is 5.91 Å². The Hall–Kier alpha value is -1.65. The molecule has 2 aromatic rings. The maximum atomic E-state index is 12.4. The molecular formula is C18H19ClN2OS. The summed E-state index contributed by atoms with van der Waals surface area (Å²) in [5.41, 5.74) is 1.23. The van der Waals surface area contributed by atoms with E-state index in [-0.39, 0.29) is 5.91 Å². The first-order chi connectivity index (χ1) is 11.2. The van der Waals surface area contributed by atoms with Crippen LogP contribution in [0.25, 0.3) is 0 Å². The molecule has 23 heavy (non-hydrogen) atoms. The third kappa shape index (κ3) is 4.21. The van der Waals surface area contributed by atoms with Crippen LogP contribution in [0.1, 0.15) is 0 Å². The van der Waals surface area contributed by atoms with Crippen molar-refractivity contribution in [2.75, 3.05) is 36.8 Å². The summed E-state index contributed by atoms with van der Waals surface area (Å²) in [6.07, 6.45) is 0. The minimum Gasteiger partial charge on any atom is -0.368 e. The topological polar surface area (TPSA) is 23.6 Å². The molecule has 3 nitrogen and oxygen atoms in total. The van der Waals surface area contributed by atoms with Gasteiger partial charge in [-0.15, -0.1) is 11.8 Å². The highest BCUT2D eigenvalue weighted by Gasteiger charge is 2.21. The van der Waals surface area contributed by atoms with Crippen molar-refractivity contribution in [1.29, 1.82) is 0 Å². The van der Waals surface area contributed by atoms with Gasteiger partial charge in [-0.2, -0.15) is 0 Å². The lowest BCUT2D eigenvalue weighted by atomic mass is 10.2. The summed E-state index contributed by atoms with van der Waals surface area (Å²) >= 11 is 7.64. The molecule has 1 aliphatic heterocycles. The molecular weight excluding hydrogens is 328 g/mol. The minimum atomic E-state index is 0.183. The van der Waals surface area contributed by atoms with Crippen molar-refractivity contribution in [2.45, 2.75) is 4.90 Å². The molecule has 0 N–H and O–H groups in total. The summed E-state index contributed by atoms with van der Waals surface area (Å²) in [7, 11) is 0. The molecule has 1 heterocycles. The molecule has 0 aromatic heterocycles. The predicted octanol–water partition coefficient (Wildman–Crippen LogP) is 3.78. The molecule has 2 aromatic carbocycles. The van der Waals surface area contributed by atoms with Crippen LogP contribution in [0.3, 0.4) is 0 Å². The molecule has 0 unspecified atom stereocenters. The van der Waals surface area contributed by atoms with Crippen molar-refractivity contribution in [3.05, 3.63) is 59.6 Å². The number of benzene rings is 2. The largest absolute Gasteiger partial charge is 0.368 e. The number of hydrogen-bond donors (Lipinski definition) is 0. The highest BCUT2D eigenvalue weighted by molar-refractivity contribution is 8.00. The third-order valence-corrected chi connectivity index (χ3v) is 5.44. The molecule has 1 amide bonds. The smallest absolute Gasteiger partial charge is 0.233 e. The van der Waals surface area contributed by atoms with Gasteiger partial charge in [-0.05, 0) is 24.3 Å². The van der Waals surface area contributed by atoms with Gasteiger partial charge in [0.05, 0.1) is 10.8 Å². The van der Waals surface area contributed by atoms with Crippen LogP contribution in [-0.4, -0.2) is 42.7 Å². The van der Waals surface area contributed by atoms with E-state index in [9.17, 15) is 4.79 Å². The van der Waals surface area contributed by atoms with Crippen LogP contribution in [0.2, 0.25) is 5.02 Å². The Morgan fingerprint density at radius 3 is 2.30 bits per heavy atom. The van der Waals surface area contributed by atoms with Crippen LogP contribution in [-0.2, 0) is 4.79 Å². The van der Waals surface area contributed by atoms with Crippen molar-refractivity contribution >= 4 is 35.0 Å². The molecule has 120 valence electrons. The fraction of sp³-hybridized carbons (Fsp3) is 0.278. The molecule has 5 heteroatoms. The number of para-hydroxylation sites is 1.